The van der Waals surface area contributed by atoms with Gasteiger partial charge >= 0.3 is 0 Å². The van der Waals surface area contributed by atoms with Gasteiger partial charge in [0.1, 0.15) is 15.6 Å². The summed E-state index contributed by atoms with van der Waals surface area (Å²) in [6.07, 6.45) is 1.22. The summed E-state index contributed by atoms with van der Waals surface area (Å²) < 4.78 is 28.5. The minimum absolute atomic E-state index is 0.0122. The van der Waals surface area contributed by atoms with Gasteiger partial charge in [0.05, 0.1) is 18.1 Å². The minimum Gasteiger partial charge on any atom is -0.493 e. The van der Waals surface area contributed by atoms with Crippen LogP contribution in [0.4, 0.5) is 0 Å². The van der Waals surface area contributed by atoms with E-state index in [9.17, 15) is 13.5 Å². The molecule has 0 spiro atoms. The maximum Gasteiger partial charge on any atom is 0.150 e. The fourth-order valence-corrected chi connectivity index (χ4v) is 4.11. The third-order valence-corrected chi connectivity index (χ3v) is 5.75. The molecule has 1 aromatic rings. The van der Waals surface area contributed by atoms with Gasteiger partial charge in [0.25, 0.3) is 0 Å². The van der Waals surface area contributed by atoms with Crippen LogP contribution >= 0.6 is 11.6 Å². The Morgan fingerprint density at radius 2 is 1.85 bits per heavy atom. The Morgan fingerprint density at radius 1 is 1.25 bits per heavy atom. The van der Waals surface area contributed by atoms with Crippen LogP contribution in [0.3, 0.4) is 0 Å². The lowest BCUT2D eigenvalue weighted by atomic mass is 9.88. The van der Waals surface area contributed by atoms with Crippen molar-refractivity contribution in [2.24, 2.45) is 11.8 Å². The number of aliphatic hydroxyl groups excluding tert-OH is 1. The van der Waals surface area contributed by atoms with Crippen molar-refractivity contribution in [3.63, 3.8) is 0 Å². The first-order valence-corrected chi connectivity index (χ1v) is 8.90. The third kappa shape index (κ3) is 4.36. The zero-order chi connectivity index (χ0) is 14.6. The van der Waals surface area contributed by atoms with Crippen LogP contribution < -0.4 is 4.74 Å². The summed E-state index contributed by atoms with van der Waals surface area (Å²) in [5, 5.41) is 10.1. The molecule has 0 aromatic heterocycles. The molecule has 112 valence electrons. The molecule has 1 aromatic carbocycles. The van der Waals surface area contributed by atoms with Gasteiger partial charge in [-0.05, 0) is 43.0 Å². The highest BCUT2D eigenvalue weighted by atomic mass is 35.5. The first-order valence-electron chi connectivity index (χ1n) is 6.70. The molecule has 20 heavy (non-hydrogen) atoms. The number of hydrogen-bond donors (Lipinski definition) is 1. The van der Waals surface area contributed by atoms with E-state index in [0.717, 1.165) is 0 Å². The van der Waals surface area contributed by atoms with Gasteiger partial charge in [-0.1, -0.05) is 11.6 Å². The van der Waals surface area contributed by atoms with E-state index < -0.39 is 9.84 Å². The molecule has 1 aliphatic rings. The average molecular weight is 319 g/mol. The molecule has 1 unspecified atom stereocenters. The quantitative estimate of drug-likeness (QED) is 0.903. The van der Waals surface area contributed by atoms with Crippen LogP contribution in [0.5, 0.6) is 5.75 Å². The predicted octanol–water partition coefficient (Wildman–Crippen LogP) is 2.15. The Hall–Kier alpha value is -0.780. The fourth-order valence-electron chi connectivity index (χ4n) is 2.45. The Labute approximate surface area is 124 Å². The lowest BCUT2D eigenvalue weighted by Gasteiger charge is -2.28. The SMILES string of the molecule is O=S1(=O)CCC(C(CO)COc2ccc(Cl)cc2)CC1. The lowest BCUT2D eigenvalue weighted by Crippen LogP contribution is -2.32. The fraction of sp³-hybridized carbons (Fsp3) is 0.571. The monoisotopic (exact) mass is 318 g/mol. The minimum atomic E-state index is -2.87. The summed E-state index contributed by atoms with van der Waals surface area (Å²) in [4.78, 5) is 0. The largest absolute Gasteiger partial charge is 0.493 e. The molecule has 1 N–H and O–H groups in total. The van der Waals surface area contributed by atoms with E-state index in [-0.39, 0.29) is 29.9 Å². The van der Waals surface area contributed by atoms with Crippen molar-refractivity contribution in [2.45, 2.75) is 12.8 Å². The predicted molar refractivity (Wildman–Crippen MR) is 78.9 cm³/mol. The van der Waals surface area contributed by atoms with Gasteiger partial charge in [-0.15, -0.1) is 0 Å². The molecule has 0 amide bonds. The van der Waals surface area contributed by atoms with Crippen LogP contribution in [0.1, 0.15) is 12.8 Å². The Kier molecular flexibility index (Phi) is 5.29. The van der Waals surface area contributed by atoms with Crippen LogP contribution in [-0.2, 0) is 9.84 Å². The van der Waals surface area contributed by atoms with Crippen molar-refractivity contribution in [3.8, 4) is 5.75 Å². The van der Waals surface area contributed by atoms with Gasteiger partial charge in [-0.3, -0.25) is 0 Å². The van der Waals surface area contributed by atoms with Crippen LogP contribution in [0, 0.1) is 11.8 Å². The molecule has 1 saturated heterocycles. The van der Waals surface area contributed by atoms with E-state index in [1.54, 1.807) is 24.3 Å². The molecule has 4 nitrogen and oxygen atoms in total. The summed E-state index contributed by atoms with van der Waals surface area (Å²) in [5.74, 6) is 1.32. The molecule has 0 radical (unpaired) electrons. The van der Waals surface area contributed by atoms with E-state index in [4.69, 9.17) is 16.3 Å². The van der Waals surface area contributed by atoms with Gasteiger partial charge in [0.15, 0.2) is 0 Å². The van der Waals surface area contributed by atoms with Crippen molar-refractivity contribution in [3.05, 3.63) is 29.3 Å². The van der Waals surface area contributed by atoms with Crippen LogP contribution in [-0.4, -0.2) is 38.2 Å². The van der Waals surface area contributed by atoms with E-state index in [1.807, 2.05) is 0 Å². The number of hydrogen-bond acceptors (Lipinski definition) is 4. The highest BCUT2D eigenvalue weighted by Gasteiger charge is 2.29. The van der Waals surface area contributed by atoms with Crippen molar-refractivity contribution in [1.82, 2.24) is 0 Å². The van der Waals surface area contributed by atoms with Gasteiger partial charge in [-0.2, -0.15) is 0 Å². The number of halogens is 1. The highest BCUT2D eigenvalue weighted by Crippen LogP contribution is 2.27. The number of aliphatic hydroxyl groups is 1. The number of rotatable bonds is 5. The number of sulfone groups is 1. The molecule has 1 aliphatic heterocycles. The molecular formula is C14H19ClO4S. The standard InChI is InChI=1S/C14H19ClO4S/c15-13-1-3-14(4-2-13)19-10-12(9-16)11-5-7-20(17,18)8-6-11/h1-4,11-12,16H,5-10H2. The van der Waals surface area contributed by atoms with Crippen LogP contribution in [0.15, 0.2) is 24.3 Å². The zero-order valence-electron chi connectivity index (χ0n) is 11.2. The van der Waals surface area contributed by atoms with Crippen LogP contribution in [0.2, 0.25) is 5.02 Å². The van der Waals surface area contributed by atoms with Crippen molar-refractivity contribution >= 4 is 21.4 Å². The van der Waals surface area contributed by atoms with Crippen molar-refractivity contribution < 1.29 is 18.3 Å². The van der Waals surface area contributed by atoms with E-state index in [1.165, 1.54) is 0 Å². The topological polar surface area (TPSA) is 63.6 Å². The molecule has 0 bridgehead atoms. The van der Waals surface area contributed by atoms with Gasteiger partial charge in [0.2, 0.25) is 0 Å². The summed E-state index contributed by atoms with van der Waals surface area (Å²) in [7, 11) is -2.87. The Balaban J connectivity index is 1.88. The molecule has 2 rings (SSSR count). The average Bonchev–Trinajstić information content (AvgIpc) is 2.43. The molecule has 6 heteroatoms. The highest BCUT2D eigenvalue weighted by molar-refractivity contribution is 7.91. The Morgan fingerprint density at radius 3 is 2.40 bits per heavy atom. The molecule has 1 atom stereocenters. The van der Waals surface area contributed by atoms with Crippen molar-refractivity contribution in [1.29, 1.82) is 0 Å². The maximum absolute atomic E-state index is 11.4. The second-order valence-electron chi connectivity index (χ2n) is 5.20. The molecule has 1 heterocycles. The zero-order valence-corrected chi connectivity index (χ0v) is 12.7. The third-order valence-electron chi connectivity index (χ3n) is 3.78. The Bertz CT molecular complexity index is 513. The normalized spacial score (nSPS) is 20.5. The van der Waals surface area contributed by atoms with E-state index >= 15 is 0 Å². The number of ether oxygens (including phenoxy) is 1. The maximum atomic E-state index is 11.4. The van der Waals surface area contributed by atoms with E-state index in [2.05, 4.69) is 0 Å². The summed E-state index contributed by atoms with van der Waals surface area (Å²) in [6, 6.07) is 7.06. The van der Waals surface area contributed by atoms with Gasteiger partial charge in [-0.25, -0.2) is 8.42 Å². The van der Waals surface area contributed by atoms with Crippen LogP contribution in [0.25, 0.3) is 0 Å². The van der Waals surface area contributed by atoms with Gasteiger partial charge in [0, 0.05) is 17.5 Å². The lowest BCUT2D eigenvalue weighted by molar-refractivity contribution is 0.112. The second-order valence-corrected chi connectivity index (χ2v) is 7.94. The molecular weight excluding hydrogens is 300 g/mol. The molecule has 0 aliphatic carbocycles. The first kappa shape index (κ1) is 15.6. The number of benzene rings is 1. The van der Waals surface area contributed by atoms with Gasteiger partial charge < -0.3 is 9.84 Å². The van der Waals surface area contributed by atoms with E-state index in [0.29, 0.717) is 30.2 Å². The summed E-state index contributed by atoms with van der Waals surface area (Å²) >= 11 is 5.80. The first-order chi connectivity index (χ1) is 9.50. The second kappa shape index (κ2) is 6.78. The molecule has 0 saturated carbocycles. The summed E-state index contributed by atoms with van der Waals surface area (Å²) in [5.41, 5.74) is 0. The summed E-state index contributed by atoms with van der Waals surface area (Å²) in [6.45, 7) is 0.404. The van der Waals surface area contributed by atoms with Crippen molar-refractivity contribution in [2.75, 3.05) is 24.7 Å². The molecule has 1 fully saturated rings. The smallest absolute Gasteiger partial charge is 0.150 e.